The van der Waals surface area contributed by atoms with Crippen LogP contribution in [0.15, 0.2) is 12.2 Å². The van der Waals surface area contributed by atoms with Crippen LogP contribution in [-0.4, -0.2) is 0 Å². The highest BCUT2D eigenvalue weighted by atomic mass is 14.4. The highest BCUT2D eigenvalue weighted by molar-refractivity contribution is 5.10. The van der Waals surface area contributed by atoms with Gasteiger partial charge in [-0.25, -0.2) is 0 Å². The lowest BCUT2D eigenvalue weighted by molar-refractivity contribution is 0.287. The molecule has 0 amide bonds. The Labute approximate surface area is 82.4 Å². The Bertz CT molecular complexity index is 192. The predicted molar refractivity (Wildman–Crippen MR) is 57.5 cm³/mol. The second-order valence-electron chi connectivity index (χ2n) is 5.06. The number of hydrogen-bond acceptors (Lipinski definition) is 0. The molecule has 74 valence electrons. The van der Waals surface area contributed by atoms with Gasteiger partial charge in [0.2, 0.25) is 0 Å². The van der Waals surface area contributed by atoms with Gasteiger partial charge >= 0.3 is 0 Å². The molecule has 0 aromatic heterocycles. The van der Waals surface area contributed by atoms with Crippen LogP contribution in [0.4, 0.5) is 0 Å². The van der Waals surface area contributed by atoms with Crippen LogP contribution in [0.1, 0.15) is 46.0 Å². The second kappa shape index (κ2) is 3.86. The van der Waals surface area contributed by atoms with Gasteiger partial charge in [0.25, 0.3) is 0 Å². The summed E-state index contributed by atoms with van der Waals surface area (Å²) in [5.74, 6) is 3.91. The molecular weight excluding hydrogens is 156 g/mol. The summed E-state index contributed by atoms with van der Waals surface area (Å²) in [5, 5.41) is 0. The molecule has 0 aliphatic heterocycles. The largest absolute Gasteiger partial charge is 0.0851 e. The summed E-state index contributed by atoms with van der Waals surface area (Å²) in [6.07, 6.45) is 12.2. The van der Waals surface area contributed by atoms with Crippen molar-refractivity contribution in [2.75, 3.05) is 0 Å². The van der Waals surface area contributed by atoms with Gasteiger partial charge < -0.3 is 0 Å². The summed E-state index contributed by atoms with van der Waals surface area (Å²) in [7, 11) is 0. The van der Waals surface area contributed by atoms with E-state index in [4.69, 9.17) is 0 Å². The van der Waals surface area contributed by atoms with E-state index in [1.54, 1.807) is 0 Å². The molecule has 0 aromatic carbocycles. The predicted octanol–water partition coefficient (Wildman–Crippen LogP) is 4.02. The first-order chi connectivity index (χ1) is 6.31. The van der Waals surface area contributed by atoms with E-state index in [0.717, 1.165) is 23.7 Å². The summed E-state index contributed by atoms with van der Waals surface area (Å²) in [6.45, 7) is 4.77. The maximum atomic E-state index is 2.49. The van der Waals surface area contributed by atoms with E-state index in [0.29, 0.717) is 0 Å². The first kappa shape index (κ1) is 9.30. The van der Waals surface area contributed by atoms with Crippen LogP contribution in [0.3, 0.4) is 0 Å². The third-order valence-corrected chi connectivity index (χ3v) is 4.07. The molecular formula is C13H22. The average molecular weight is 178 g/mol. The van der Waals surface area contributed by atoms with E-state index >= 15 is 0 Å². The smallest absolute Gasteiger partial charge is 0.0197 e. The van der Waals surface area contributed by atoms with Crippen LogP contribution < -0.4 is 0 Å². The van der Waals surface area contributed by atoms with Crippen molar-refractivity contribution in [3.63, 3.8) is 0 Å². The summed E-state index contributed by atoms with van der Waals surface area (Å²) in [6, 6.07) is 0. The summed E-state index contributed by atoms with van der Waals surface area (Å²) in [5.41, 5.74) is 0. The number of rotatable bonds is 4. The molecule has 0 N–H and O–H groups in total. The topological polar surface area (TPSA) is 0 Å². The minimum absolute atomic E-state index is 0.955. The zero-order valence-corrected chi connectivity index (χ0v) is 9.00. The van der Waals surface area contributed by atoms with Crippen LogP contribution >= 0.6 is 0 Å². The monoisotopic (exact) mass is 178 g/mol. The lowest BCUT2D eigenvalue weighted by Crippen LogP contribution is -2.16. The molecule has 0 aromatic rings. The molecule has 0 nitrogen and oxygen atoms in total. The normalized spacial score (nSPS) is 38.5. The van der Waals surface area contributed by atoms with Gasteiger partial charge in [-0.2, -0.15) is 0 Å². The SMILES string of the molecule is CCCCC(C)C1CC2C=CC1C2. The van der Waals surface area contributed by atoms with Crippen molar-refractivity contribution in [2.45, 2.75) is 46.0 Å². The molecule has 2 bridgehead atoms. The van der Waals surface area contributed by atoms with Crippen molar-refractivity contribution in [3.8, 4) is 0 Å². The van der Waals surface area contributed by atoms with E-state index in [9.17, 15) is 0 Å². The minimum atomic E-state index is 0.955. The van der Waals surface area contributed by atoms with Crippen LogP contribution in [0, 0.1) is 23.7 Å². The average Bonchev–Trinajstić information content (AvgIpc) is 2.74. The number of hydrogen-bond donors (Lipinski definition) is 0. The van der Waals surface area contributed by atoms with E-state index in [-0.39, 0.29) is 0 Å². The van der Waals surface area contributed by atoms with Crippen LogP contribution in [0.2, 0.25) is 0 Å². The van der Waals surface area contributed by atoms with Crippen molar-refractivity contribution in [3.05, 3.63) is 12.2 Å². The fourth-order valence-corrected chi connectivity index (χ4v) is 3.22. The first-order valence-electron chi connectivity index (χ1n) is 5.99. The van der Waals surface area contributed by atoms with Crippen LogP contribution in [-0.2, 0) is 0 Å². The van der Waals surface area contributed by atoms with Crippen molar-refractivity contribution >= 4 is 0 Å². The van der Waals surface area contributed by atoms with Gasteiger partial charge in [0.15, 0.2) is 0 Å². The van der Waals surface area contributed by atoms with Gasteiger partial charge in [0.05, 0.1) is 0 Å². The fourth-order valence-electron chi connectivity index (χ4n) is 3.22. The number of unbranched alkanes of at least 4 members (excludes halogenated alkanes) is 1. The summed E-state index contributed by atoms with van der Waals surface area (Å²) in [4.78, 5) is 0. The van der Waals surface area contributed by atoms with Gasteiger partial charge in [-0.15, -0.1) is 0 Å². The Hall–Kier alpha value is -0.260. The van der Waals surface area contributed by atoms with Crippen molar-refractivity contribution < 1.29 is 0 Å². The molecule has 0 saturated heterocycles. The molecule has 2 aliphatic rings. The Kier molecular flexibility index (Phi) is 2.76. The van der Waals surface area contributed by atoms with Gasteiger partial charge in [0, 0.05) is 0 Å². The molecule has 2 rings (SSSR count). The van der Waals surface area contributed by atoms with Crippen molar-refractivity contribution in [1.29, 1.82) is 0 Å². The maximum Gasteiger partial charge on any atom is -0.0197 e. The number of fused-ring (bicyclic) bond motifs is 2. The zero-order chi connectivity index (χ0) is 9.26. The molecule has 0 heterocycles. The Morgan fingerprint density at radius 3 is 2.69 bits per heavy atom. The van der Waals surface area contributed by atoms with Crippen LogP contribution in [0.25, 0.3) is 0 Å². The minimum Gasteiger partial charge on any atom is -0.0851 e. The molecule has 0 radical (unpaired) electrons. The molecule has 4 unspecified atom stereocenters. The van der Waals surface area contributed by atoms with E-state index in [2.05, 4.69) is 26.0 Å². The maximum absolute atomic E-state index is 2.49. The molecule has 4 atom stereocenters. The molecule has 1 fully saturated rings. The summed E-state index contributed by atoms with van der Waals surface area (Å²) < 4.78 is 0. The molecule has 1 saturated carbocycles. The van der Waals surface area contributed by atoms with Crippen LogP contribution in [0.5, 0.6) is 0 Å². The third-order valence-electron chi connectivity index (χ3n) is 4.07. The quantitative estimate of drug-likeness (QED) is 0.570. The van der Waals surface area contributed by atoms with Crippen molar-refractivity contribution in [2.24, 2.45) is 23.7 Å². The fraction of sp³-hybridized carbons (Fsp3) is 0.846. The highest BCUT2D eigenvalue weighted by Gasteiger charge is 2.37. The first-order valence-corrected chi connectivity index (χ1v) is 5.99. The Morgan fingerprint density at radius 2 is 2.15 bits per heavy atom. The standard InChI is InChI=1S/C13H22/c1-3-4-5-10(2)13-9-11-6-7-12(13)8-11/h6-7,10-13H,3-5,8-9H2,1-2H3. The van der Waals surface area contributed by atoms with Gasteiger partial charge in [-0.05, 0) is 36.5 Å². The lowest BCUT2D eigenvalue weighted by Gasteiger charge is -2.25. The van der Waals surface area contributed by atoms with Crippen molar-refractivity contribution in [1.82, 2.24) is 0 Å². The molecule has 0 spiro atoms. The highest BCUT2D eigenvalue weighted by Crippen LogP contribution is 2.47. The third kappa shape index (κ3) is 1.82. The summed E-state index contributed by atoms with van der Waals surface area (Å²) >= 11 is 0. The molecule has 13 heavy (non-hydrogen) atoms. The number of allylic oxidation sites excluding steroid dienone is 2. The van der Waals surface area contributed by atoms with Gasteiger partial charge in [-0.1, -0.05) is 45.3 Å². The van der Waals surface area contributed by atoms with E-state index < -0.39 is 0 Å². The Morgan fingerprint density at radius 1 is 1.31 bits per heavy atom. The van der Waals surface area contributed by atoms with Gasteiger partial charge in [0.1, 0.15) is 0 Å². The van der Waals surface area contributed by atoms with Gasteiger partial charge in [-0.3, -0.25) is 0 Å². The lowest BCUT2D eigenvalue weighted by atomic mass is 9.81. The molecule has 2 aliphatic carbocycles. The van der Waals surface area contributed by atoms with E-state index in [1.165, 1.54) is 32.1 Å². The Balaban J connectivity index is 1.84. The zero-order valence-electron chi connectivity index (χ0n) is 9.00. The molecule has 0 heteroatoms. The van der Waals surface area contributed by atoms with E-state index in [1.807, 2.05) is 0 Å². The second-order valence-corrected chi connectivity index (χ2v) is 5.06.